The molecule has 0 radical (unpaired) electrons. The third kappa shape index (κ3) is 2.80. The van der Waals surface area contributed by atoms with E-state index < -0.39 is 0 Å². The van der Waals surface area contributed by atoms with E-state index in [-0.39, 0.29) is 5.41 Å². The van der Waals surface area contributed by atoms with Gasteiger partial charge in [0.2, 0.25) is 0 Å². The molecule has 2 heteroatoms. The molecular formula is C11H16BrN. The van der Waals surface area contributed by atoms with Crippen molar-refractivity contribution >= 4 is 15.9 Å². The van der Waals surface area contributed by atoms with Crippen LogP contribution in [0.5, 0.6) is 0 Å². The predicted molar refractivity (Wildman–Crippen MR) is 59.9 cm³/mol. The van der Waals surface area contributed by atoms with Crippen molar-refractivity contribution in [2.24, 2.45) is 0 Å². The number of pyridine rings is 1. The van der Waals surface area contributed by atoms with Crippen LogP contribution >= 0.6 is 15.9 Å². The second-order valence-electron chi connectivity index (χ2n) is 4.00. The van der Waals surface area contributed by atoms with E-state index in [1.54, 1.807) is 0 Å². The van der Waals surface area contributed by atoms with E-state index in [0.29, 0.717) is 0 Å². The van der Waals surface area contributed by atoms with Gasteiger partial charge >= 0.3 is 0 Å². The molecular weight excluding hydrogens is 226 g/mol. The molecule has 0 saturated carbocycles. The van der Waals surface area contributed by atoms with Crippen LogP contribution in [0.4, 0.5) is 0 Å². The summed E-state index contributed by atoms with van der Waals surface area (Å²) < 4.78 is 0.925. The number of hydrogen-bond acceptors (Lipinski definition) is 1. The van der Waals surface area contributed by atoms with Gasteiger partial charge in [0.1, 0.15) is 4.60 Å². The summed E-state index contributed by atoms with van der Waals surface area (Å²) in [5, 5.41) is 0. The third-order valence-electron chi connectivity index (χ3n) is 2.38. The van der Waals surface area contributed by atoms with Crippen molar-refractivity contribution in [3.05, 3.63) is 28.5 Å². The molecule has 1 aromatic heterocycles. The maximum absolute atomic E-state index is 4.13. The Kier molecular flexibility index (Phi) is 3.48. The number of halogens is 1. The van der Waals surface area contributed by atoms with Gasteiger partial charge in [-0.3, -0.25) is 0 Å². The van der Waals surface area contributed by atoms with Gasteiger partial charge in [-0.15, -0.1) is 0 Å². The van der Waals surface area contributed by atoms with Crippen LogP contribution in [0.25, 0.3) is 0 Å². The summed E-state index contributed by atoms with van der Waals surface area (Å²) in [4.78, 5) is 4.13. The van der Waals surface area contributed by atoms with E-state index in [9.17, 15) is 0 Å². The molecule has 72 valence electrons. The Morgan fingerprint density at radius 1 is 1.46 bits per heavy atom. The largest absolute Gasteiger partial charge is 0.249 e. The van der Waals surface area contributed by atoms with Gasteiger partial charge in [-0.25, -0.2) is 4.98 Å². The molecule has 0 saturated heterocycles. The highest BCUT2D eigenvalue weighted by atomic mass is 79.9. The van der Waals surface area contributed by atoms with Gasteiger partial charge in [-0.2, -0.15) is 0 Å². The Bertz CT molecular complexity index is 281. The molecule has 13 heavy (non-hydrogen) atoms. The molecule has 1 rings (SSSR count). The lowest BCUT2D eigenvalue weighted by atomic mass is 9.81. The lowest BCUT2D eigenvalue weighted by Gasteiger charge is -2.24. The van der Waals surface area contributed by atoms with Crippen molar-refractivity contribution in [1.29, 1.82) is 0 Å². The second-order valence-corrected chi connectivity index (χ2v) is 4.81. The van der Waals surface area contributed by atoms with Crippen LogP contribution in [0.15, 0.2) is 22.9 Å². The van der Waals surface area contributed by atoms with Gasteiger partial charge in [-0.05, 0) is 45.5 Å². The summed E-state index contributed by atoms with van der Waals surface area (Å²) in [6.45, 7) is 6.77. The molecule has 0 spiro atoms. The number of rotatable bonds is 3. The molecule has 0 amide bonds. The van der Waals surface area contributed by atoms with Crippen LogP contribution in [-0.4, -0.2) is 4.98 Å². The summed E-state index contributed by atoms with van der Waals surface area (Å²) in [6.07, 6.45) is 4.28. The molecule has 0 aromatic carbocycles. The van der Waals surface area contributed by atoms with Gasteiger partial charge in [0, 0.05) is 6.20 Å². The molecule has 1 heterocycles. The summed E-state index contributed by atoms with van der Waals surface area (Å²) in [5.41, 5.74) is 1.62. The SMILES string of the molecule is CCCC(C)(C)c1ccnc(Br)c1. The maximum atomic E-state index is 4.13. The quantitative estimate of drug-likeness (QED) is 0.732. The van der Waals surface area contributed by atoms with Crippen LogP contribution in [0.1, 0.15) is 39.2 Å². The van der Waals surface area contributed by atoms with Crippen molar-refractivity contribution in [2.75, 3.05) is 0 Å². The Balaban J connectivity index is 2.93. The summed E-state index contributed by atoms with van der Waals surface area (Å²) in [7, 11) is 0. The first-order valence-corrected chi connectivity index (χ1v) is 5.47. The van der Waals surface area contributed by atoms with Gasteiger partial charge in [-0.1, -0.05) is 27.2 Å². The summed E-state index contributed by atoms with van der Waals surface area (Å²) in [6, 6.07) is 4.20. The lowest BCUT2D eigenvalue weighted by Crippen LogP contribution is -2.16. The van der Waals surface area contributed by atoms with Gasteiger partial charge < -0.3 is 0 Å². The predicted octanol–water partition coefficient (Wildman–Crippen LogP) is 3.92. The molecule has 1 aromatic rings. The van der Waals surface area contributed by atoms with Crippen molar-refractivity contribution in [2.45, 2.75) is 39.0 Å². The van der Waals surface area contributed by atoms with Crippen LogP contribution < -0.4 is 0 Å². The minimum absolute atomic E-state index is 0.264. The zero-order valence-corrected chi connectivity index (χ0v) is 10.1. The Morgan fingerprint density at radius 3 is 2.69 bits per heavy atom. The Morgan fingerprint density at radius 2 is 2.15 bits per heavy atom. The van der Waals surface area contributed by atoms with Crippen molar-refractivity contribution in [1.82, 2.24) is 4.98 Å². The first kappa shape index (κ1) is 10.7. The van der Waals surface area contributed by atoms with Crippen LogP contribution in [0.3, 0.4) is 0 Å². The third-order valence-corrected chi connectivity index (χ3v) is 2.82. The van der Waals surface area contributed by atoms with Crippen molar-refractivity contribution < 1.29 is 0 Å². The van der Waals surface area contributed by atoms with E-state index in [4.69, 9.17) is 0 Å². The van der Waals surface area contributed by atoms with Crippen molar-refractivity contribution in [3.63, 3.8) is 0 Å². The minimum atomic E-state index is 0.264. The van der Waals surface area contributed by atoms with Crippen LogP contribution in [0.2, 0.25) is 0 Å². The highest BCUT2D eigenvalue weighted by Gasteiger charge is 2.19. The topological polar surface area (TPSA) is 12.9 Å². The van der Waals surface area contributed by atoms with Crippen molar-refractivity contribution in [3.8, 4) is 0 Å². The highest BCUT2D eigenvalue weighted by molar-refractivity contribution is 9.10. The average Bonchev–Trinajstić information content (AvgIpc) is 2.04. The molecule has 0 atom stereocenters. The first-order chi connectivity index (χ1) is 6.06. The molecule has 0 N–H and O–H groups in total. The van der Waals surface area contributed by atoms with E-state index in [2.05, 4.69) is 53.8 Å². The number of aromatic nitrogens is 1. The fourth-order valence-corrected chi connectivity index (χ4v) is 1.96. The molecule has 0 fully saturated rings. The zero-order valence-electron chi connectivity index (χ0n) is 8.47. The number of hydrogen-bond donors (Lipinski definition) is 0. The Hall–Kier alpha value is -0.370. The fraction of sp³-hybridized carbons (Fsp3) is 0.545. The van der Waals surface area contributed by atoms with E-state index in [1.165, 1.54) is 18.4 Å². The Labute approximate surface area is 88.7 Å². The molecule has 0 aliphatic rings. The average molecular weight is 242 g/mol. The smallest absolute Gasteiger partial charge is 0.106 e. The molecule has 0 aliphatic carbocycles. The van der Waals surface area contributed by atoms with Gasteiger partial charge in [0.15, 0.2) is 0 Å². The first-order valence-electron chi connectivity index (χ1n) is 4.68. The lowest BCUT2D eigenvalue weighted by molar-refractivity contribution is 0.472. The van der Waals surface area contributed by atoms with Crippen LogP contribution in [0, 0.1) is 0 Å². The van der Waals surface area contributed by atoms with Crippen LogP contribution in [-0.2, 0) is 5.41 Å². The maximum Gasteiger partial charge on any atom is 0.106 e. The standard InChI is InChI=1S/C11H16BrN/c1-4-6-11(2,3)9-5-7-13-10(12)8-9/h5,7-8H,4,6H2,1-3H3. The molecule has 0 aliphatic heterocycles. The molecule has 0 bridgehead atoms. The van der Waals surface area contributed by atoms with E-state index in [0.717, 1.165) is 4.60 Å². The summed E-state index contributed by atoms with van der Waals surface area (Å²) >= 11 is 3.39. The normalized spacial score (nSPS) is 11.7. The monoisotopic (exact) mass is 241 g/mol. The van der Waals surface area contributed by atoms with Gasteiger partial charge in [0.05, 0.1) is 0 Å². The molecule has 1 nitrogen and oxygen atoms in total. The summed E-state index contributed by atoms with van der Waals surface area (Å²) in [5.74, 6) is 0. The van der Waals surface area contributed by atoms with Gasteiger partial charge in [0.25, 0.3) is 0 Å². The second kappa shape index (κ2) is 4.23. The minimum Gasteiger partial charge on any atom is -0.249 e. The highest BCUT2D eigenvalue weighted by Crippen LogP contribution is 2.28. The molecule has 0 unspecified atom stereocenters. The van der Waals surface area contributed by atoms with E-state index in [1.807, 2.05) is 6.20 Å². The fourth-order valence-electron chi connectivity index (χ4n) is 1.59. The number of nitrogens with zero attached hydrogens (tertiary/aromatic N) is 1. The van der Waals surface area contributed by atoms with E-state index >= 15 is 0 Å². The zero-order chi connectivity index (χ0) is 9.90.